The van der Waals surface area contributed by atoms with Crippen LogP contribution in [0.3, 0.4) is 0 Å². The molecule has 5 heteroatoms. The van der Waals surface area contributed by atoms with Gasteiger partial charge in [-0.3, -0.25) is 0 Å². The predicted octanol–water partition coefficient (Wildman–Crippen LogP) is 0.771. The Morgan fingerprint density at radius 1 is 1.33 bits per heavy atom. The molecule has 0 atom stereocenters. The molecule has 15 heavy (non-hydrogen) atoms. The highest BCUT2D eigenvalue weighted by Gasteiger charge is 2.09. The first-order chi connectivity index (χ1) is 7.22. The zero-order valence-corrected chi connectivity index (χ0v) is 8.68. The van der Waals surface area contributed by atoms with Gasteiger partial charge >= 0.3 is 0 Å². The maximum atomic E-state index is 9.07. The summed E-state index contributed by atoms with van der Waals surface area (Å²) in [5.74, 6) is 0.448. The summed E-state index contributed by atoms with van der Waals surface area (Å²) in [6.45, 7) is 3.82. The van der Waals surface area contributed by atoms with Gasteiger partial charge in [-0.15, -0.1) is 5.10 Å². The van der Waals surface area contributed by atoms with Crippen LogP contribution in [0.25, 0.3) is 5.69 Å². The molecule has 78 valence electrons. The van der Waals surface area contributed by atoms with E-state index in [1.165, 1.54) is 0 Å². The van der Waals surface area contributed by atoms with Crippen LogP contribution in [-0.2, 0) is 6.61 Å². The van der Waals surface area contributed by atoms with Crippen molar-refractivity contribution < 1.29 is 5.11 Å². The highest BCUT2D eigenvalue weighted by molar-refractivity contribution is 5.42. The molecular formula is C10H12N4O. The van der Waals surface area contributed by atoms with Crippen molar-refractivity contribution in [3.05, 3.63) is 35.2 Å². The summed E-state index contributed by atoms with van der Waals surface area (Å²) in [5, 5.41) is 20.2. The lowest BCUT2D eigenvalue weighted by Crippen LogP contribution is -2.05. The molecule has 0 fully saturated rings. The summed E-state index contributed by atoms with van der Waals surface area (Å²) in [4.78, 5) is 0. The van der Waals surface area contributed by atoms with Gasteiger partial charge in [0.1, 0.15) is 6.61 Å². The second kappa shape index (κ2) is 3.78. The Kier molecular flexibility index (Phi) is 2.47. The van der Waals surface area contributed by atoms with Crippen molar-refractivity contribution in [2.24, 2.45) is 0 Å². The molecule has 1 aromatic heterocycles. The average Bonchev–Trinajstić information content (AvgIpc) is 2.69. The number of rotatable bonds is 2. The third-order valence-electron chi connectivity index (χ3n) is 2.27. The summed E-state index contributed by atoms with van der Waals surface area (Å²) in [5.41, 5.74) is 3.11. The van der Waals surface area contributed by atoms with Gasteiger partial charge in [0.2, 0.25) is 0 Å². The molecule has 5 nitrogen and oxygen atoms in total. The van der Waals surface area contributed by atoms with Gasteiger partial charge in [0.15, 0.2) is 5.82 Å². The highest BCUT2D eigenvalue weighted by atomic mass is 16.3. The molecule has 0 aliphatic carbocycles. The smallest absolute Gasteiger partial charge is 0.182 e. The number of aliphatic hydroxyl groups excluding tert-OH is 1. The number of aromatic nitrogens is 4. The van der Waals surface area contributed by atoms with Crippen molar-refractivity contribution in [1.82, 2.24) is 20.2 Å². The van der Waals surface area contributed by atoms with Crippen molar-refractivity contribution in [2.75, 3.05) is 0 Å². The lowest BCUT2D eigenvalue weighted by molar-refractivity contribution is 0.268. The van der Waals surface area contributed by atoms with Crippen LogP contribution in [0.15, 0.2) is 18.2 Å². The molecule has 0 saturated carbocycles. The predicted molar refractivity (Wildman–Crippen MR) is 54.6 cm³/mol. The van der Waals surface area contributed by atoms with Gasteiger partial charge in [0, 0.05) is 0 Å². The van der Waals surface area contributed by atoms with Gasteiger partial charge < -0.3 is 5.11 Å². The Morgan fingerprint density at radius 2 is 2.13 bits per heavy atom. The van der Waals surface area contributed by atoms with Crippen LogP contribution in [0.2, 0.25) is 0 Å². The van der Waals surface area contributed by atoms with E-state index in [1.807, 2.05) is 32.0 Å². The van der Waals surface area contributed by atoms with E-state index in [0.29, 0.717) is 5.82 Å². The van der Waals surface area contributed by atoms with Gasteiger partial charge in [0.05, 0.1) is 5.69 Å². The van der Waals surface area contributed by atoms with Crippen LogP contribution in [0.4, 0.5) is 0 Å². The largest absolute Gasteiger partial charge is 0.388 e. The summed E-state index contributed by atoms with van der Waals surface area (Å²) in [7, 11) is 0. The van der Waals surface area contributed by atoms with Gasteiger partial charge in [0.25, 0.3) is 0 Å². The average molecular weight is 204 g/mol. The summed E-state index contributed by atoms with van der Waals surface area (Å²) in [6.07, 6.45) is 0. The quantitative estimate of drug-likeness (QED) is 0.784. The topological polar surface area (TPSA) is 63.8 Å². The Balaban J connectivity index is 2.58. The van der Waals surface area contributed by atoms with E-state index in [4.69, 9.17) is 5.11 Å². The second-order valence-corrected chi connectivity index (χ2v) is 3.45. The molecule has 0 saturated heterocycles. The zero-order valence-electron chi connectivity index (χ0n) is 8.68. The Labute approximate surface area is 87.4 Å². The minimum Gasteiger partial charge on any atom is -0.388 e. The summed E-state index contributed by atoms with van der Waals surface area (Å²) >= 11 is 0. The number of hydrogen-bond acceptors (Lipinski definition) is 4. The van der Waals surface area contributed by atoms with E-state index in [0.717, 1.165) is 16.8 Å². The molecule has 0 amide bonds. The molecular weight excluding hydrogens is 192 g/mol. The van der Waals surface area contributed by atoms with Gasteiger partial charge in [-0.25, -0.2) is 0 Å². The second-order valence-electron chi connectivity index (χ2n) is 3.45. The van der Waals surface area contributed by atoms with Crippen LogP contribution in [0.1, 0.15) is 17.0 Å². The Hall–Kier alpha value is -1.75. The van der Waals surface area contributed by atoms with E-state index in [-0.39, 0.29) is 6.61 Å². The van der Waals surface area contributed by atoms with Crippen molar-refractivity contribution >= 4 is 0 Å². The monoisotopic (exact) mass is 204 g/mol. The molecule has 1 heterocycles. The number of tetrazole rings is 1. The third kappa shape index (κ3) is 1.73. The van der Waals surface area contributed by atoms with E-state index in [9.17, 15) is 0 Å². The highest BCUT2D eigenvalue weighted by Crippen LogP contribution is 2.15. The molecule has 0 aliphatic heterocycles. The summed E-state index contributed by atoms with van der Waals surface area (Å²) in [6, 6.07) is 6.03. The molecule has 2 aromatic rings. The third-order valence-corrected chi connectivity index (χ3v) is 2.27. The fourth-order valence-electron chi connectivity index (χ4n) is 1.44. The van der Waals surface area contributed by atoms with E-state index < -0.39 is 0 Å². The lowest BCUT2D eigenvalue weighted by atomic mass is 10.1. The van der Waals surface area contributed by atoms with Gasteiger partial charge in [-0.2, -0.15) is 4.68 Å². The summed E-state index contributed by atoms with van der Waals surface area (Å²) < 4.78 is 1.56. The van der Waals surface area contributed by atoms with Crippen LogP contribution >= 0.6 is 0 Å². The van der Waals surface area contributed by atoms with Crippen molar-refractivity contribution in [3.63, 3.8) is 0 Å². The Morgan fingerprint density at radius 3 is 2.87 bits per heavy atom. The zero-order chi connectivity index (χ0) is 10.8. The first kappa shape index (κ1) is 9.79. The van der Waals surface area contributed by atoms with E-state index >= 15 is 0 Å². The normalized spacial score (nSPS) is 10.6. The SMILES string of the molecule is Cc1ccc(C)c(-n2nnnc2CO)c1. The van der Waals surface area contributed by atoms with Crippen LogP contribution < -0.4 is 0 Å². The number of aryl methyl sites for hydroxylation is 2. The Bertz CT molecular complexity index is 478. The fraction of sp³-hybridized carbons (Fsp3) is 0.300. The van der Waals surface area contributed by atoms with Crippen LogP contribution in [-0.4, -0.2) is 25.3 Å². The van der Waals surface area contributed by atoms with Gasteiger partial charge in [-0.1, -0.05) is 12.1 Å². The first-order valence-electron chi connectivity index (χ1n) is 4.68. The first-order valence-corrected chi connectivity index (χ1v) is 4.68. The molecule has 0 unspecified atom stereocenters. The fourth-order valence-corrected chi connectivity index (χ4v) is 1.44. The molecule has 0 spiro atoms. The minimum atomic E-state index is -0.166. The molecule has 0 radical (unpaired) electrons. The number of benzene rings is 1. The molecule has 0 aliphatic rings. The maximum absolute atomic E-state index is 9.07. The van der Waals surface area contributed by atoms with Crippen molar-refractivity contribution in [2.45, 2.75) is 20.5 Å². The van der Waals surface area contributed by atoms with Gasteiger partial charge in [-0.05, 0) is 41.5 Å². The molecule has 1 N–H and O–H groups in total. The lowest BCUT2D eigenvalue weighted by Gasteiger charge is -2.07. The number of hydrogen-bond donors (Lipinski definition) is 1. The van der Waals surface area contributed by atoms with Crippen LogP contribution in [0.5, 0.6) is 0 Å². The number of nitrogens with zero attached hydrogens (tertiary/aromatic N) is 4. The van der Waals surface area contributed by atoms with E-state index in [2.05, 4.69) is 15.5 Å². The standard InChI is InChI=1S/C10H12N4O/c1-7-3-4-8(2)9(5-7)14-10(6-15)11-12-13-14/h3-5,15H,6H2,1-2H3. The molecule has 0 bridgehead atoms. The molecule has 1 aromatic carbocycles. The van der Waals surface area contributed by atoms with Crippen LogP contribution in [0, 0.1) is 13.8 Å². The number of aliphatic hydroxyl groups is 1. The van der Waals surface area contributed by atoms with Crippen molar-refractivity contribution in [3.8, 4) is 5.69 Å². The van der Waals surface area contributed by atoms with Crippen molar-refractivity contribution in [1.29, 1.82) is 0 Å². The van der Waals surface area contributed by atoms with E-state index in [1.54, 1.807) is 4.68 Å². The maximum Gasteiger partial charge on any atom is 0.182 e. The molecule has 2 rings (SSSR count). The minimum absolute atomic E-state index is 0.166.